The third-order valence-electron chi connectivity index (χ3n) is 5.11. The Balaban J connectivity index is 1.94. The molecule has 0 unspecified atom stereocenters. The molecule has 8 heteroatoms. The molecule has 0 radical (unpaired) electrons. The van der Waals surface area contributed by atoms with Crippen molar-refractivity contribution in [1.29, 1.82) is 0 Å². The van der Waals surface area contributed by atoms with Gasteiger partial charge in [0.2, 0.25) is 21.8 Å². The van der Waals surface area contributed by atoms with E-state index in [2.05, 4.69) is 10.6 Å². The number of carbonyl (C=O) groups excluding carboxylic acids is 2. The Morgan fingerprint density at radius 3 is 2.38 bits per heavy atom. The van der Waals surface area contributed by atoms with Crippen molar-refractivity contribution in [2.24, 2.45) is 0 Å². The third kappa shape index (κ3) is 7.44. The maximum absolute atomic E-state index is 13.1. The molecule has 1 aliphatic rings. The lowest BCUT2D eigenvalue weighted by molar-refractivity contribution is -0.119. The molecule has 29 heavy (non-hydrogen) atoms. The molecule has 0 spiro atoms. The summed E-state index contributed by atoms with van der Waals surface area (Å²) in [5, 5.41) is 5.54. The molecule has 162 valence electrons. The monoisotopic (exact) mass is 423 g/mol. The molecule has 0 atom stereocenters. The topological polar surface area (TPSA) is 95.6 Å². The van der Waals surface area contributed by atoms with Crippen molar-refractivity contribution in [2.75, 3.05) is 25.0 Å². The zero-order valence-electron chi connectivity index (χ0n) is 17.5. The molecule has 7 nitrogen and oxygen atoms in total. The van der Waals surface area contributed by atoms with Crippen LogP contribution < -0.4 is 10.6 Å². The standard InChI is InChI=1S/C21H33N3O4S/c1-17-11-12-19(23-21(26)10-6-5-7-13-22-18(2)25)16-20(17)29(27,28)24-14-8-3-4-9-15-24/h11-12,16H,3-10,13-15H2,1-2H3,(H,22,25)(H,23,26). The average Bonchev–Trinajstić information content (AvgIpc) is 2.96. The van der Waals surface area contributed by atoms with Crippen LogP contribution in [0.15, 0.2) is 23.1 Å². The van der Waals surface area contributed by atoms with Gasteiger partial charge in [-0.15, -0.1) is 0 Å². The van der Waals surface area contributed by atoms with Crippen LogP contribution >= 0.6 is 0 Å². The van der Waals surface area contributed by atoms with Crippen LogP contribution in [0.2, 0.25) is 0 Å². The first kappa shape index (κ1) is 23.3. The van der Waals surface area contributed by atoms with E-state index in [0.29, 0.717) is 37.3 Å². The normalized spacial score (nSPS) is 15.5. The highest BCUT2D eigenvalue weighted by atomic mass is 32.2. The lowest BCUT2D eigenvalue weighted by Gasteiger charge is -2.21. The van der Waals surface area contributed by atoms with Crippen LogP contribution in [0.1, 0.15) is 63.9 Å². The van der Waals surface area contributed by atoms with Gasteiger partial charge in [-0.05, 0) is 50.3 Å². The van der Waals surface area contributed by atoms with Gasteiger partial charge in [-0.1, -0.05) is 25.3 Å². The number of sulfonamides is 1. The van der Waals surface area contributed by atoms with Crippen LogP contribution in [0.5, 0.6) is 0 Å². The first-order chi connectivity index (χ1) is 13.8. The Labute approximate surface area is 174 Å². The van der Waals surface area contributed by atoms with Gasteiger partial charge in [0.25, 0.3) is 0 Å². The average molecular weight is 424 g/mol. The molecule has 2 rings (SSSR count). The lowest BCUT2D eigenvalue weighted by atomic mass is 10.1. The number of anilines is 1. The van der Waals surface area contributed by atoms with Gasteiger partial charge in [0.15, 0.2) is 0 Å². The number of nitrogens with one attached hydrogen (secondary N) is 2. The molecule has 0 aliphatic carbocycles. The molecule has 1 aromatic carbocycles. The first-order valence-corrected chi connectivity index (χ1v) is 11.9. The predicted octanol–water partition coefficient (Wildman–Crippen LogP) is 3.19. The van der Waals surface area contributed by atoms with Gasteiger partial charge in [-0.2, -0.15) is 4.31 Å². The largest absolute Gasteiger partial charge is 0.356 e. The number of aryl methyl sites for hydroxylation is 1. The SMILES string of the molecule is CC(=O)NCCCCCC(=O)Nc1ccc(C)c(S(=O)(=O)N2CCCCCC2)c1. The summed E-state index contributed by atoms with van der Waals surface area (Å²) < 4.78 is 27.8. The minimum atomic E-state index is -3.56. The minimum Gasteiger partial charge on any atom is -0.356 e. The molecule has 1 saturated heterocycles. The van der Waals surface area contributed by atoms with Crippen LogP contribution in [-0.2, 0) is 19.6 Å². The van der Waals surface area contributed by atoms with E-state index in [0.717, 1.165) is 44.9 Å². The number of unbranched alkanes of at least 4 members (excludes halogenated alkanes) is 2. The van der Waals surface area contributed by atoms with Crippen molar-refractivity contribution < 1.29 is 18.0 Å². The van der Waals surface area contributed by atoms with Crippen LogP contribution in [0.3, 0.4) is 0 Å². The molecule has 1 heterocycles. The summed E-state index contributed by atoms with van der Waals surface area (Å²) in [7, 11) is -3.56. The number of benzene rings is 1. The molecule has 2 N–H and O–H groups in total. The van der Waals surface area contributed by atoms with Gasteiger partial charge in [-0.25, -0.2) is 8.42 Å². The van der Waals surface area contributed by atoms with E-state index in [-0.39, 0.29) is 16.7 Å². The highest BCUT2D eigenvalue weighted by Crippen LogP contribution is 2.26. The Morgan fingerprint density at radius 2 is 1.72 bits per heavy atom. The summed E-state index contributed by atoms with van der Waals surface area (Å²) in [6, 6.07) is 5.06. The van der Waals surface area contributed by atoms with Crippen LogP contribution in [0.25, 0.3) is 0 Å². The summed E-state index contributed by atoms with van der Waals surface area (Å²) in [4.78, 5) is 23.3. The first-order valence-electron chi connectivity index (χ1n) is 10.5. The highest BCUT2D eigenvalue weighted by molar-refractivity contribution is 7.89. The van der Waals surface area contributed by atoms with Gasteiger partial charge in [0.05, 0.1) is 4.90 Å². The van der Waals surface area contributed by atoms with E-state index in [4.69, 9.17) is 0 Å². The van der Waals surface area contributed by atoms with Gasteiger partial charge >= 0.3 is 0 Å². The van der Waals surface area contributed by atoms with E-state index in [1.165, 1.54) is 6.92 Å². The summed E-state index contributed by atoms with van der Waals surface area (Å²) in [5.41, 5.74) is 1.19. The Morgan fingerprint density at radius 1 is 1.03 bits per heavy atom. The molecule has 0 aromatic heterocycles. The Kier molecular flexibility index (Phi) is 9.10. The summed E-state index contributed by atoms with van der Waals surface area (Å²) in [5.74, 6) is -0.181. The summed E-state index contributed by atoms with van der Waals surface area (Å²) >= 11 is 0. The van der Waals surface area contributed by atoms with Gasteiger partial charge in [-0.3, -0.25) is 9.59 Å². The highest BCUT2D eigenvalue weighted by Gasteiger charge is 2.27. The molecule has 0 saturated carbocycles. The Bertz CT molecular complexity index is 800. The van der Waals surface area contributed by atoms with Crippen LogP contribution in [0.4, 0.5) is 5.69 Å². The number of hydrogen-bond acceptors (Lipinski definition) is 4. The van der Waals surface area contributed by atoms with Crippen molar-refractivity contribution in [3.63, 3.8) is 0 Å². The van der Waals surface area contributed by atoms with Gasteiger partial charge < -0.3 is 10.6 Å². The Hall–Kier alpha value is -1.93. The van der Waals surface area contributed by atoms with E-state index in [1.54, 1.807) is 29.4 Å². The van der Waals surface area contributed by atoms with Crippen molar-refractivity contribution in [3.05, 3.63) is 23.8 Å². The number of rotatable bonds is 9. The number of hydrogen-bond donors (Lipinski definition) is 2. The maximum atomic E-state index is 13.1. The quantitative estimate of drug-likeness (QED) is 0.596. The zero-order chi connectivity index (χ0) is 21.3. The number of nitrogens with zero attached hydrogens (tertiary/aromatic N) is 1. The van der Waals surface area contributed by atoms with Crippen molar-refractivity contribution in [2.45, 2.75) is 70.1 Å². The second-order valence-electron chi connectivity index (χ2n) is 7.64. The van der Waals surface area contributed by atoms with E-state index in [1.807, 2.05) is 0 Å². The second kappa shape index (κ2) is 11.3. The van der Waals surface area contributed by atoms with Crippen molar-refractivity contribution in [3.8, 4) is 0 Å². The maximum Gasteiger partial charge on any atom is 0.243 e. The second-order valence-corrected chi connectivity index (χ2v) is 9.55. The van der Waals surface area contributed by atoms with Crippen LogP contribution in [-0.4, -0.2) is 44.2 Å². The van der Waals surface area contributed by atoms with Crippen molar-refractivity contribution >= 4 is 27.5 Å². The van der Waals surface area contributed by atoms with E-state index < -0.39 is 10.0 Å². The molecular formula is C21H33N3O4S. The van der Waals surface area contributed by atoms with Gasteiger partial charge in [0.1, 0.15) is 0 Å². The van der Waals surface area contributed by atoms with E-state index in [9.17, 15) is 18.0 Å². The molecule has 1 aromatic rings. The van der Waals surface area contributed by atoms with E-state index >= 15 is 0 Å². The predicted molar refractivity (Wildman–Crippen MR) is 114 cm³/mol. The lowest BCUT2D eigenvalue weighted by Crippen LogP contribution is -2.32. The third-order valence-corrected chi connectivity index (χ3v) is 7.15. The molecule has 2 amide bonds. The van der Waals surface area contributed by atoms with Gasteiger partial charge in [0, 0.05) is 38.7 Å². The molecule has 1 fully saturated rings. The fourth-order valence-corrected chi connectivity index (χ4v) is 5.22. The molecular weight excluding hydrogens is 390 g/mol. The molecule has 1 aliphatic heterocycles. The van der Waals surface area contributed by atoms with Crippen molar-refractivity contribution in [1.82, 2.24) is 9.62 Å². The summed E-state index contributed by atoms with van der Waals surface area (Å²) in [6.45, 7) is 4.99. The fourth-order valence-electron chi connectivity index (χ4n) is 3.45. The smallest absolute Gasteiger partial charge is 0.243 e. The summed E-state index contributed by atoms with van der Waals surface area (Å²) in [6.07, 6.45) is 6.65. The number of carbonyl (C=O) groups is 2. The zero-order valence-corrected chi connectivity index (χ0v) is 18.3. The molecule has 0 bridgehead atoms. The van der Waals surface area contributed by atoms with Crippen LogP contribution in [0, 0.1) is 6.92 Å². The minimum absolute atomic E-state index is 0.0481. The number of amides is 2. The fraction of sp³-hybridized carbons (Fsp3) is 0.619.